The Morgan fingerprint density at radius 1 is 1.38 bits per heavy atom. The summed E-state index contributed by atoms with van der Waals surface area (Å²) in [5.41, 5.74) is 1.10. The average Bonchev–Trinajstić information content (AvgIpc) is 2.15. The lowest BCUT2D eigenvalue weighted by molar-refractivity contribution is 0.271. The van der Waals surface area contributed by atoms with Crippen LogP contribution in [0.25, 0.3) is 0 Å². The molecular formula is C11H15ClO. The molecule has 0 heterocycles. The van der Waals surface area contributed by atoms with Gasteiger partial charge in [-0.1, -0.05) is 26.0 Å². The maximum atomic E-state index is 5.71. The predicted molar refractivity (Wildman–Crippen MR) is 56.3 cm³/mol. The summed E-state index contributed by atoms with van der Waals surface area (Å²) in [6, 6.07) is 7.90. The largest absolute Gasteiger partial charge is 0.493 e. The van der Waals surface area contributed by atoms with Crippen molar-refractivity contribution in [2.24, 2.45) is 5.92 Å². The van der Waals surface area contributed by atoms with E-state index in [-0.39, 0.29) is 0 Å². The minimum Gasteiger partial charge on any atom is -0.493 e. The van der Waals surface area contributed by atoms with Gasteiger partial charge in [0.25, 0.3) is 0 Å². The van der Waals surface area contributed by atoms with Crippen molar-refractivity contribution < 1.29 is 4.74 Å². The first kappa shape index (κ1) is 10.4. The quantitative estimate of drug-likeness (QED) is 0.674. The van der Waals surface area contributed by atoms with Gasteiger partial charge in [0.15, 0.2) is 0 Å². The Balaban J connectivity index is 2.56. The fourth-order valence-electron chi connectivity index (χ4n) is 0.981. The Morgan fingerprint density at radius 3 is 2.77 bits per heavy atom. The van der Waals surface area contributed by atoms with Gasteiger partial charge in [0, 0.05) is 5.88 Å². The fourth-order valence-corrected chi connectivity index (χ4v) is 1.15. The highest BCUT2D eigenvalue weighted by Crippen LogP contribution is 2.15. The fraction of sp³-hybridized carbons (Fsp3) is 0.455. The van der Waals surface area contributed by atoms with Crippen molar-refractivity contribution in [2.45, 2.75) is 19.7 Å². The molecule has 72 valence electrons. The van der Waals surface area contributed by atoms with Gasteiger partial charge in [-0.3, -0.25) is 0 Å². The van der Waals surface area contributed by atoms with Crippen LogP contribution < -0.4 is 4.74 Å². The number of hydrogen-bond acceptors (Lipinski definition) is 1. The number of rotatable bonds is 4. The van der Waals surface area contributed by atoms with Crippen LogP contribution in [0.5, 0.6) is 5.75 Å². The molecule has 0 N–H and O–H groups in total. The van der Waals surface area contributed by atoms with Crippen molar-refractivity contribution in [2.75, 3.05) is 6.61 Å². The highest BCUT2D eigenvalue weighted by molar-refractivity contribution is 6.17. The van der Waals surface area contributed by atoms with E-state index in [0.717, 1.165) is 17.9 Å². The van der Waals surface area contributed by atoms with Crippen LogP contribution in [0.15, 0.2) is 24.3 Å². The highest BCUT2D eigenvalue weighted by atomic mass is 35.5. The van der Waals surface area contributed by atoms with Crippen molar-refractivity contribution in [1.82, 2.24) is 0 Å². The summed E-state index contributed by atoms with van der Waals surface area (Å²) in [6.07, 6.45) is 0. The smallest absolute Gasteiger partial charge is 0.119 e. The van der Waals surface area contributed by atoms with E-state index in [9.17, 15) is 0 Å². The molecule has 0 bridgehead atoms. The van der Waals surface area contributed by atoms with Crippen LogP contribution in [0.4, 0.5) is 0 Å². The second-order valence-corrected chi connectivity index (χ2v) is 3.75. The maximum Gasteiger partial charge on any atom is 0.119 e. The molecule has 0 amide bonds. The van der Waals surface area contributed by atoms with Crippen LogP contribution in [0, 0.1) is 5.92 Å². The molecule has 0 spiro atoms. The molecule has 1 rings (SSSR count). The van der Waals surface area contributed by atoms with E-state index in [2.05, 4.69) is 13.8 Å². The number of alkyl halides is 1. The standard InChI is InChI=1S/C11H15ClO/c1-9(2)8-13-11-5-3-4-10(6-11)7-12/h3-6,9H,7-8H2,1-2H3. The van der Waals surface area contributed by atoms with Crippen molar-refractivity contribution in [3.05, 3.63) is 29.8 Å². The summed E-state index contributed by atoms with van der Waals surface area (Å²) in [7, 11) is 0. The van der Waals surface area contributed by atoms with Gasteiger partial charge in [0.05, 0.1) is 6.61 Å². The third-order valence-corrected chi connectivity index (χ3v) is 1.94. The topological polar surface area (TPSA) is 9.23 Å². The summed E-state index contributed by atoms with van der Waals surface area (Å²) in [5, 5.41) is 0. The number of benzene rings is 1. The average molecular weight is 199 g/mol. The molecule has 2 heteroatoms. The van der Waals surface area contributed by atoms with Crippen LogP contribution in [-0.4, -0.2) is 6.61 Å². The first-order valence-electron chi connectivity index (χ1n) is 4.50. The summed E-state index contributed by atoms with van der Waals surface area (Å²) in [6.45, 7) is 5.02. The second kappa shape index (κ2) is 5.13. The summed E-state index contributed by atoms with van der Waals surface area (Å²) in [4.78, 5) is 0. The Kier molecular flexibility index (Phi) is 4.10. The molecule has 0 saturated carbocycles. The zero-order valence-electron chi connectivity index (χ0n) is 8.09. The van der Waals surface area contributed by atoms with E-state index >= 15 is 0 Å². The Morgan fingerprint density at radius 2 is 2.15 bits per heavy atom. The number of halogens is 1. The molecule has 1 nitrogen and oxygen atoms in total. The lowest BCUT2D eigenvalue weighted by Crippen LogP contribution is -2.04. The van der Waals surface area contributed by atoms with Crippen LogP contribution in [0.3, 0.4) is 0 Å². The normalized spacial score (nSPS) is 10.5. The van der Waals surface area contributed by atoms with E-state index < -0.39 is 0 Å². The van der Waals surface area contributed by atoms with Gasteiger partial charge >= 0.3 is 0 Å². The Labute approximate surface area is 84.7 Å². The Hall–Kier alpha value is -0.690. The van der Waals surface area contributed by atoms with E-state index in [4.69, 9.17) is 16.3 Å². The minimum atomic E-state index is 0.541. The SMILES string of the molecule is CC(C)COc1cccc(CCl)c1. The van der Waals surface area contributed by atoms with Gasteiger partial charge in [0.1, 0.15) is 5.75 Å². The van der Waals surface area contributed by atoms with Gasteiger partial charge in [-0.2, -0.15) is 0 Å². The zero-order valence-corrected chi connectivity index (χ0v) is 8.84. The van der Waals surface area contributed by atoms with Crippen LogP contribution in [-0.2, 0) is 5.88 Å². The molecule has 1 aromatic rings. The lowest BCUT2D eigenvalue weighted by atomic mass is 10.2. The van der Waals surface area contributed by atoms with E-state index in [0.29, 0.717) is 11.8 Å². The number of ether oxygens (including phenoxy) is 1. The lowest BCUT2D eigenvalue weighted by Gasteiger charge is -2.08. The van der Waals surface area contributed by atoms with Crippen molar-refractivity contribution in [3.63, 3.8) is 0 Å². The summed E-state index contributed by atoms with van der Waals surface area (Å²) < 4.78 is 5.55. The first-order valence-corrected chi connectivity index (χ1v) is 5.03. The summed E-state index contributed by atoms with van der Waals surface area (Å²) in [5.74, 6) is 2.00. The van der Waals surface area contributed by atoms with Crippen LogP contribution >= 0.6 is 11.6 Å². The van der Waals surface area contributed by atoms with Gasteiger partial charge in [-0.25, -0.2) is 0 Å². The highest BCUT2D eigenvalue weighted by Gasteiger charge is 1.97. The van der Waals surface area contributed by atoms with Crippen molar-refractivity contribution in [1.29, 1.82) is 0 Å². The van der Waals surface area contributed by atoms with Gasteiger partial charge in [-0.05, 0) is 23.6 Å². The van der Waals surface area contributed by atoms with Crippen molar-refractivity contribution >= 4 is 11.6 Å². The molecule has 0 saturated heterocycles. The van der Waals surface area contributed by atoms with Gasteiger partial charge in [0.2, 0.25) is 0 Å². The molecule has 0 radical (unpaired) electrons. The molecular weight excluding hydrogens is 184 g/mol. The minimum absolute atomic E-state index is 0.541. The second-order valence-electron chi connectivity index (χ2n) is 3.49. The molecule has 1 aromatic carbocycles. The van der Waals surface area contributed by atoms with E-state index in [1.165, 1.54) is 0 Å². The molecule has 0 fully saturated rings. The molecule has 0 aromatic heterocycles. The number of hydrogen-bond donors (Lipinski definition) is 0. The molecule has 0 aliphatic heterocycles. The van der Waals surface area contributed by atoms with Crippen LogP contribution in [0.2, 0.25) is 0 Å². The maximum absolute atomic E-state index is 5.71. The molecule has 0 unspecified atom stereocenters. The summed E-state index contributed by atoms with van der Waals surface area (Å²) >= 11 is 5.71. The first-order chi connectivity index (χ1) is 6.22. The van der Waals surface area contributed by atoms with E-state index in [1.54, 1.807) is 0 Å². The van der Waals surface area contributed by atoms with E-state index in [1.807, 2.05) is 24.3 Å². The molecule has 0 aliphatic rings. The third-order valence-electron chi connectivity index (χ3n) is 1.64. The zero-order chi connectivity index (χ0) is 9.68. The Bertz CT molecular complexity index is 258. The molecule has 0 aliphatic carbocycles. The van der Waals surface area contributed by atoms with Gasteiger partial charge in [-0.15, -0.1) is 11.6 Å². The predicted octanol–water partition coefficient (Wildman–Crippen LogP) is 3.46. The van der Waals surface area contributed by atoms with Gasteiger partial charge < -0.3 is 4.74 Å². The van der Waals surface area contributed by atoms with Crippen LogP contribution in [0.1, 0.15) is 19.4 Å². The molecule has 0 atom stereocenters. The molecule has 13 heavy (non-hydrogen) atoms. The monoisotopic (exact) mass is 198 g/mol. The van der Waals surface area contributed by atoms with Crippen molar-refractivity contribution in [3.8, 4) is 5.75 Å². The third kappa shape index (κ3) is 3.69.